The second-order valence-corrected chi connectivity index (χ2v) is 6.98. The van der Waals surface area contributed by atoms with E-state index in [-0.39, 0.29) is 9.88 Å². The van der Waals surface area contributed by atoms with Gasteiger partial charge < -0.3 is 5.73 Å². The van der Waals surface area contributed by atoms with Crippen LogP contribution in [0.5, 0.6) is 0 Å². The van der Waals surface area contributed by atoms with Crippen molar-refractivity contribution in [3.8, 4) is 0 Å². The highest BCUT2D eigenvalue weighted by molar-refractivity contribution is 7.93. The van der Waals surface area contributed by atoms with E-state index in [0.29, 0.717) is 10.8 Å². The minimum atomic E-state index is -3.69. The van der Waals surface area contributed by atoms with Crippen molar-refractivity contribution in [3.63, 3.8) is 0 Å². The first-order valence-electron chi connectivity index (χ1n) is 5.09. The molecule has 0 aliphatic heterocycles. The topological polar surface area (TPSA) is 98.0 Å². The largest absolute Gasteiger partial charge is 0.388 e. The molecule has 2 rings (SSSR count). The Balaban J connectivity index is 2.26. The smallest absolute Gasteiger partial charge is 0.265 e. The summed E-state index contributed by atoms with van der Waals surface area (Å²) in [5.74, 6) is 0. The lowest BCUT2D eigenvalue weighted by Gasteiger charge is -2.05. The van der Waals surface area contributed by atoms with Crippen LogP contribution >= 0.6 is 23.6 Å². The number of aromatic nitrogens is 2. The van der Waals surface area contributed by atoms with Crippen molar-refractivity contribution >= 4 is 43.7 Å². The van der Waals surface area contributed by atoms with Gasteiger partial charge in [-0.1, -0.05) is 12.2 Å². The molecule has 0 radical (unpaired) electrons. The summed E-state index contributed by atoms with van der Waals surface area (Å²) in [7, 11) is -3.69. The number of thiazole rings is 1. The molecule has 0 aliphatic carbocycles. The van der Waals surface area contributed by atoms with E-state index in [1.807, 2.05) is 6.92 Å². The lowest BCUT2D eigenvalue weighted by molar-refractivity contribution is 0.601. The van der Waals surface area contributed by atoms with E-state index in [9.17, 15) is 8.42 Å². The summed E-state index contributed by atoms with van der Waals surface area (Å²) in [4.78, 5) is 8.89. The molecule has 0 atom stereocenters. The van der Waals surface area contributed by atoms with Gasteiger partial charge in [0.25, 0.3) is 10.0 Å². The fourth-order valence-corrected chi connectivity index (χ4v) is 3.23. The summed E-state index contributed by atoms with van der Waals surface area (Å²) in [5, 5.41) is 0.316. The van der Waals surface area contributed by atoms with Crippen LogP contribution in [0.1, 0.15) is 10.6 Å². The lowest BCUT2D eigenvalue weighted by atomic mass is 10.3. The second kappa shape index (κ2) is 5.19. The molecule has 0 amide bonds. The number of nitrogens with one attached hydrogen (secondary N) is 1. The molecule has 0 aliphatic rings. The molecule has 19 heavy (non-hydrogen) atoms. The van der Waals surface area contributed by atoms with E-state index in [4.69, 9.17) is 18.0 Å². The predicted molar refractivity (Wildman–Crippen MR) is 77.8 cm³/mol. The quantitative estimate of drug-likeness (QED) is 0.825. The number of anilines is 1. The summed E-state index contributed by atoms with van der Waals surface area (Å²) in [6.07, 6.45) is 2.80. The minimum Gasteiger partial charge on any atom is -0.388 e. The van der Waals surface area contributed by atoms with Crippen LogP contribution in [0.4, 0.5) is 5.13 Å². The Morgan fingerprint density at radius 1 is 1.37 bits per heavy atom. The Hall–Kier alpha value is -1.58. The summed E-state index contributed by atoms with van der Waals surface area (Å²) >= 11 is 6.00. The summed E-state index contributed by atoms with van der Waals surface area (Å²) in [5.41, 5.74) is 5.77. The zero-order valence-electron chi connectivity index (χ0n) is 9.82. The van der Waals surface area contributed by atoms with Gasteiger partial charge in [0.05, 0.1) is 5.69 Å². The summed E-state index contributed by atoms with van der Waals surface area (Å²) in [6, 6.07) is 2.86. The van der Waals surface area contributed by atoms with Gasteiger partial charge in [-0.05, 0) is 19.1 Å². The summed E-state index contributed by atoms with van der Waals surface area (Å²) < 4.78 is 26.5. The molecule has 2 aromatic heterocycles. The van der Waals surface area contributed by atoms with E-state index in [2.05, 4.69) is 14.7 Å². The van der Waals surface area contributed by atoms with Crippen LogP contribution < -0.4 is 10.5 Å². The molecule has 0 saturated heterocycles. The van der Waals surface area contributed by atoms with Crippen molar-refractivity contribution in [3.05, 3.63) is 35.1 Å². The zero-order valence-corrected chi connectivity index (χ0v) is 12.3. The van der Waals surface area contributed by atoms with Gasteiger partial charge in [0, 0.05) is 17.3 Å². The Morgan fingerprint density at radius 3 is 2.58 bits per heavy atom. The van der Waals surface area contributed by atoms with Crippen molar-refractivity contribution in [2.24, 2.45) is 5.73 Å². The molecule has 0 saturated carbocycles. The van der Waals surface area contributed by atoms with E-state index in [1.54, 1.807) is 6.20 Å². The van der Waals surface area contributed by atoms with Crippen LogP contribution in [-0.2, 0) is 10.0 Å². The lowest BCUT2D eigenvalue weighted by Crippen LogP contribution is -2.15. The molecule has 9 heteroatoms. The van der Waals surface area contributed by atoms with Crippen molar-refractivity contribution in [2.45, 2.75) is 11.8 Å². The number of pyridine rings is 1. The molecular formula is C10H10N4O2S3. The zero-order chi connectivity index (χ0) is 14.0. The molecule has 0 unspecified atom stereocenters. The standard InChI is InChI=1S/C10H10N4O2S3/c1-6-4-13-10(18-6)14-19(15,16)7-2-3-8(9(11)17)12-5-7/h2-5H,1H3,(H2,11,17)(H,13,14). The van der Waals surface area contributed by atoms with Crippen LogP contribution in [0, 0.1) is 6.92 Å². The predicted octanol–water partition coefficient (Wildman–Crippen LogP) is 1.28. The first kappa shape index (κ1) is 13.8. The maximum atomic E-state index is 12.0. The Labute approximate surface area is 119 Å². The van der Waals surface area contributed by atoms with Gasteiger partial charge in [-0.2, -0.15) is 0 Å². The maximum absolute atomic E-state index is 12.0. The fraction of sp³-hybridized carbons (Fsp3) is 0.100. The van der Waals surface area contributed by atoms with Gasteiger partial charge in [-0.25, -0.2) is 13.4 Å². The molecule has 100 valence electrons. The summed E-state index contributed by atoms with van der Waals surface area (Å²) in [6.45, 7) is 1.84. The van der Waals surface area contributed by atoms with E-state index < -0.39 is 10.0 Å². The van der Waals surface area contributed by atoms with Gasteiger partial charge in [-0.3, -0.25) is 9.71 Å². The normalized spacial score (nSPS) is 11.2. The highest BCUT2D eigenvalue weighted by Gasteiger charge is 2.16. The van der Waals surface area contributed by atoms with Crippen LogP contribution in [0.25, 0.3) is 0 Å². The number of hydrogen-bond acceptors (Lipinski definition) is 6. The number of nitrogens with zero attached hydrogens (tertiary/aromatic N) is 2. The number of thiocarbonyl (C=S) groups is 1. The van der Waals surface area contributed by atoms with E-state index in [1.165, 1.54) is 29.7 Å². The average molecular weight is 314 g/mol. The van der Waals surface area contributed by atoms with Gasteiger partial charge in [-0.15, -0.1) is 11.3 Å². The van der Waals surface area contributed by atoms with Gasteiger partial charge in [0.15, 0.2) is 5.13 Å². The number of aryl methyl sites for hydroxylation is 1. The Bertz CT molecular complexity index is 707. The fourth-order valence-electron chi connectivity index (χ4n) is 1.26. The highest BCUT2D eigenvalue weighted by atomic mass is 32.2. The van der Waals surface area contributed by atoms with Crippen molar-refractivity contribution in [2.75, 3.05) is 4.72 Å². The second-order valence-electron chi connectivity index (χ2n) is 3.62. The van der Waals surface area contributed by atoms with Gasteiger partial charge in [0.2, 0.25) is 0 Å². The monoisotopic (exact) mass is 314 g/mol. The van der Waals surface area contributed by atoms with Crippen LogP contribution in [0.15, 0.2) is 29.4 Å². The molecule has 6 nitrogen and oxygen atoms in total. The molecular weight excluding hydrogens is 304 g/mol. The number of nitrogens with two attached hydrogens (primary N) is 1. The van der Waals surface area contributed by atoms with Gasteiger partial charge >= 0.3 is 0 Å². The Morgan fingerprint density at radius 2 is 2.11 bits per heavy atom. The highest BCUT2D eigenvalue weighted by Crippen LogP contribution is 2.20. The molecule has 2 heterocycles. The third kappa shape index (κ3) is 3.25. The van der Waals surface area contributed by atoms with Crippen LogP contribution in [-0.4, -0.2) is 23.4 Å². The third-order valence-corrected chi connectivity index (χ3v) is 4.63. The molecule has 0 aromatic carbocycles. The van der Waals surface area contributed by atoms with Crippen LogP contribution in [0.3, 0.4) is 0 Å². The minimum absolute atomic E-state index is 0.0281. The maximum Gasteiger partial charge on any atom is 0.265 e. The Kier molecular flexibility index (Phi) is 3.78. The van der Waals surface area contributed by atoms with Crippen molar-refractivity contribution < 1.29 is 8.42 Å². The first-order chi connectivity index (χ1) is 8.88. The SMILES string of the molecule is Cc1cnc(NS(=O)(=O)c2ccc(C(N)=S)nc2)s1. The molecule has 0 spiro atoms. The van der Waals surface area contributed by atoms with E-state index >= 15 is 0 Å². The number of rotatable bonds is 4. The number of hydrogen-bond donors (Lipinski definition) is 2. The van der Waals surface area contributed by atoms with Gasteiger partial charge in [0.1, 0.15) is 9.88 Å². The third-order valence-electron chi connectivity index (χ3n) is 2.14. The first-order valence-corrected chi connectivity index (χ1v) is 7.80. The number of sulfonamides is 1. The van der Waals surface area contributed by atoms with Crippen LogP contribution in [0.2, 0.25) is 0 Å². The average Bonchev–Trinajstić information content (AvgIpc) is 2.74. The van der Waals surface area contributed by atoms with Crippen molar-refractivity contribution in [1.29, 1.82) is 0 Å². The van der Waals surface area contributed by atoms with E-state index in [0.717, 1.165) is 4.88 Å². The molecule has 3 N–H and O–H groups in total. The molecule has 0 bridgehead atoms. The molecule has 2 aromatic rings. The molecule has 0 fully saturated rings. The van der Waals surface area contributed by atoms with Crippen molar-refractivity contribution in [1.82, 2.24) is 9.97 Å².